The van der Waals surface area contributed by atoms with Crippen molar-refractivity contribution < 1.29 is 14.2 Å². The van der Waals surface area contributed by atoms with Gasteiger partial charge < -0.3 is 9.84 Å². The zero-order valence-electron chi connectivity index (χ0n) is 15.5. The molecule has 0 radical (unpaired) electrons. The number of aromatic hydroxyl groups is 1. The monoisotopic (exact) mass is 376 g/mol. The molecule has 5 heteroatoms. The molecule has 1 aliphatic heterocycles. The van der Waals surface area contributed by atoms with Crippen LogP contribution in [0.1, 0.15) is 35.3 Å². The molecule has 0 saturated carbocycles. The maximum atomic E-state index is 13.4. The Kier molecular flexibility index (Phi) is 5.08. The van der Waals surface area contributed by atoms with E-state index in [1.807, 2.05) is 36.4 Å². The number of nitrogens with zero attached hydrogens (tertiary/aromatic N) is 1. The van der Waals surface area contributed by atoms with Gasteiger partial charge in [0, 0.05) is 23.7 Å². The van der Waals surface area contributed by atoms with Crippen LogP contribution in [0.15, 0.2) is 77.8 Å². The molecule has 1 aliphatic rings. The second-order valence-corrected chi connectivity index (χ2v) is 6.74. The van der Waals surface area contributed by atoms with Gasteiger partial charge in [-0.2, -0.15) is 0 Å². The van der Waals surface area contributed by atoms with Gasteiger partial charge >= 0.3 is 0 Å². The molecule has 3 aromatic carbocycles. The summed E-state index contributed by atoms with van der Waals surface area (Å²) >= 11 is 0. The van der Waals surface area contributed by atoms with E-state index in [0.29, 0.717) is 6.42 Å². The first kappa shape index (κ1) is 18.2. The number of benzene rings is 3. The van der Waals surface area contributed by atoms with Gasteiger partial charge in [0.05, 0.1) is 7.11 Å². The van der Waals surface area contributed by atoms with E-state index >= 15 is 0 Å². The fourth-order valence-corrected chi connectivity index (χ4v) is 3.46. The van der Waals surface area contributed by atoms with Crippen molar-refractivity contribution in [2.24, 2.45) is 4.99 Å². The van der Waals surface area contributed by atoms with Crippen LogP contribution in [-0.2, 0) is 0 Å². The van der Waals surface area contributed by atoms with E-state index in [1.165, 1.54) is 12.1 Å². The standard InChI is InChI=1S/C23H21FN2O2/c1-28-18-12-8-15(9-13-18)20-14-21(19-4-2-3-5-22(19)27)26-23(25-20)16-6-10-17(24)11-7-16/h2-13,21,23,26-27H,14H2,1H3/t21-,23-/m1/s1. The van der Waals surface area contributed by atoms with Crippen LogP contribution in [0.3, 0.4) is 0 Å². The first-order valence-corrected chi connectivity index (χ1v) is 9.14. The van der Waals surface area contributed by atoms with Crippen molar-refractivity contribution in [2.75, 3.05) is 7.11 Å². The predicted molar refractivity (Wildman–Crippen MR) is 107 cm³/mol. The number of nitrogens with one attached hydrogen (secondary N) is 1. The van der Waals surface area contributed by atoms with Crippen molar-refractivity contribution >= 4 is 5.71 Å². The number of methoxy groups -OCH3 is 1. The lowest BCUT2D eigenvalue weighted by atomic mass is 9.93. The van der Waals surface area contributed by atoms with E-state index < -0.39 is 0 Å². The summed E-state index contributed by atoms with van der Waals surface area (Å²) in [6.45, 7) is 0. The highest BCUT2D eigenvalue weighted by Gasteiger charge is 2.27. The summed E-state index contributed by atoms with van der Waals surface area (Å²) in [5.74, 6) is 0.746. The number of ether oxygens (including phenoxy) is 1. The van der Waals surface area contributed by atoms with Gasteiger partial charge in [-0.3, -0.25) is 10.3 Å². The molecular formula is C23H21FN2O2. The van der Waals surface area contributed by atoms with Gasteiger partial charge in [0.1, 0.15) is 23.5 Å². The first-order valence-electron chi connectivity index (χ1n) is 9.14. The zero-order valence-corrected chi connectivity index (χ0v) is 15.5. The van der Waals surface area contributed by atoms with Gasteiger partial charge in [0.15, 0.2) is 0 Å². The fraction of sp³-hybridized carbons (Fsp3) is 0.174. The molecule has 0 aromatic heterocycles. The van der Waals surface area contributed by atoms with E-state index in [0.717, 1.165) is 28.2 Å². The highest BCUT2D eigenvalue weighted by Crippen LogP contribution is 2.34. The second kappa shape index (κ2) is 7.82. The Bertz CT molecular complexity index is 984. The first-order chi connectivity index (χ1) is 13.6. The van der Waals surface area contributed by atoms with Gasteiger partial charge in [0.2, 0.25) is 0 Å². The molecule has 28 heavy (non-hydrogen) atoms. The van der Waals surface area contributed by atoms with E-state index in [2.05, 4.69) is 5.32 Å². The lowest BCUT2D eigenvalue weighted by molar-refractivity contribution is 0.412. The zero-order chi connectivity index (χ0) is 19.5. The Balaban J connectivity index is 1.73. The minimum absolute atomic E-state index is 0.120. The van der Waals surface area contributed by atoms with Crippen molar-refractivity contribution in [1.29, 1.82) is 0 Å². The number of hydrogen-bond acceptors (Lipinski definition) is 4. The Labute approximate surface area is 163 Å². The molecule has 4 rings (SSSR count). The highest BCUT2D eigenvalue weighted by atomic mass is 19.1. The minimum atomic E-state index is -0.337. The normalized spacial score (nSPS) is 19.1. The smallest absolute Gasteiger partial charge is 0.126 e. The summed E-state index contributed by atoms with van der Waals surface area (Å²) in [7, 11) is 1.63. The van der Waals surface area contributed by atoms with E-state index in [-0.39, 0.29) is 23.8 Å². The average Bonchev–Trinajstić information content (AvgIpc) is 2.74. The van der Waals surface area contributed by atoms with Gasteiger partial charge in [-0.25, -0.2) is 4.39 Å². The molecule has 0 aliphatic carbocycles. The number of hydrogen-bond donors (Lipinski definition) is 2. The fourth-order valence-electron chi connectivity index (χ4n) is 3.46. The van der Waals surface area contributed by atoms with Crippen LogP contribution in [0.2, 0.25) is 0 Å². The summed E-state index contributed by atoms with van der Waals surface area (Å²) in [5, 5.41) is 13.8. The maximum absolute atomic E-state index is 13.4. The summed E-state index contributed by atoms with van der Waals surface area (Å²) in [6.07, 6.45) is 0.290. The second-order valence-electron chi connectivity index (χ2n) is 6.74. The number of para-hydroxylation sites is 1. The SMILES string of the molecule is COc1ccc(C2=N[C@@H](c3ccc(F)cc3)N[C@@H](c3ccccc3O)C2)cc1. The molecule has 1 heterocycles. The van der Waals surface area contributed by atoms with Gasteiger partial charge in [-0.15, -0.1) is 0 Å². The number of aliphatic imine (C=N–C) groups is 1. The molecule has 0 bridgehead atoms. The molecule has 0 saturated heterocycles. The van der Waals surface area contributed by atoms with Crippen molar-refractivity contribution in [3.05, 3.63) is 95.3 Å². The number of phenols is 1. The molecule has 3 aromatic rings. The molecule has 2 N–H and O–H groups in total. The molecule has 0 amide bonds. The van der Waals surface area contributed by atoms with Crippen LogP contribution >= 0.6 is 0 Å². The van der Waals surface area contributed by atoms with Gasteiger partial charge in [-0.05, 0) is 53.6 Å². The predicted octanol–water partition coefficient (Wildman–Crippen LogP) is 4.76. The van der Waals surface area contributed by atoms with E-state index in [4.69, 9.17) is 9.73 Å². The van der Waals surface area contributed by atoms with Crippen molar-refractivity contribution in [1.82, 2.24) is 5.32 Å². The summed E-state index contributed by atoms with van der Waals surface area (Å²) in [6, 6.07) is 21.3. The Morgan fingerprint density at radius 2 is 1.71 bits per heavy atom. The van der Waals surface area contributed by atoms with Crippen LogP contribution in [-0.4, -0.2) is 17.9 Å². The van der Waals surface area contributed by atoms with Gasteiger partial charge in [0.25, 0.3) is 0 Å². The average molecular weight is 376 g/mol. The highest BCUT2D eigenvalue weighted by molar-refractivity contribution is 6.01. The molecule has 4 nitrogen and oxygen atoms in total. The number of phenolic OH excluding ortho intramolecular Hbond substituents is 1. The van der Waals surface area contributed by atoms with Crippen LogP contribution in [0, 0.1) is 5.82 Å². The van der Waals surface area contributed by atoms with Crippen LogP contribution in [0.25, 0.3) is 0 Å². The Hall–Kier alpha value is -3.18. The third kappa shape index (κ3) is 3.75. The lowest BCUT2D eigenvalue weighted by Gasteiger charge is -2.31. The summed E-state index contributed by atoms with van der Waals surface area (Å²) in [4.78, 5) is 4.87. The molecule has 142 valence electrons. The largest absolute Gasteiger partial charge is 0.508 e. The lowest BCUT2D eigenvalue weighted by Crippen LogP contribution is -2.33. The number of halogens is 1. The van der Waals surface area contributed by atoms with E-state index in [1.54, 1.807) is 31.4 Å². The Morgan fingerprint density at radius 3 is 2.39 bits per heavy atom. The minimum Gasteiger partial charge on any atom is -0.508 e. The van der Waals surface area contributed by atoms with Crippen molar-refractivity contribution in [2.45, 2.75) is 18.6 Å². The summed E-state index contributed by atoms with van der Waals surface area (Å²) in [5.41, 5.74) is 3.60. The van der Waals surface area contributed by atoms with Crippen molar-refractivity contribution in [3.8, 4) is 11.5 Å². The maximum Gasteiger partial charge on any atom is 0.126 e. The molecule has 0 fully saturated rings. The van der Waals surface area contributed by atoms with E-state index in [9.17, 15) is 9.50 Å². The quantitative estimate of drug-likeness (QED) is 0.690. The molecule has 0 spiro atoms. The van der Waals surface area contributed by atoms with Crippen LogP contribution in [0.4, 0.5) is 4.39 Å². The number of rotatable bonds is 4. The Morgan fingerprint density at radius 1 is 1.00 bits per heavy atom. The van der Waals surface area contributed by atoms with Crippen molar-refractivity contribution in [3.63, 3.8) is 0 Å². The van der Waals surface area contributed by atoms with Crippen LogP contribution < -0.4 is 10.1 Å². The van der Waals surface area contributed by atoms with Gasteiger partial charge in [-0.1, -0.05) is 30.3 Å². The molecular weight excluding hydrogens is 355 g/mol. The topological polar surface area (TPSA) is 53.8 Å². The molecule has 2 atom stereocenters. The summed E-state index contributed by atoms with van der Waals surface area (Å²) < 4.78 is 18.6. The third-order valence-corrected chi connectivity index (χ3v) is 4.96. The third-order valence-electron chi connectivity index (χ3n) is 4.96. The molecule has 0 unspecified atom stereocenters. The van der Waals surface area contributed by atoms with Crippen LogP contribution in [0.5, 0.6) is 11.5 Å².